The fourth-order valence-corrected chi connectivity index (χ4v) is 4.81. The van der Waals surface area contributed by atoms with Gasteiger partial charge in [-0.2, -0.15) is 17.0 Å². The summed E-state index contributed by atoms with van der Waals surface area (Å²) in [5.74, 6) is -0.595. The molecule has 7 nitrogen and oxygen atoms in total. The van der Waals surface area contributed by atoms with Crippen molar-refractivity contribution in [2.45, 2.75) is 25.9 Å². The smallest absolute Gasteiger partial charge is 0.306 e. The van der Waals surface area contributed by atoms with Crippen LogP contribution < -0.4 is 4.74 Å². The molecule has 3 rings (SSSR count). The number of aliphatic carboxylic acids is 1. The summed E-state index contributed by atoms with van der Waals surface area (Å²) in [5.41, 5.74) is 1.85. The SMILES string of the molecule is COc1cccc2c1CN(S(=O)(=O)N1CCC(C(=O)O)CC1)C2. The van der Waals surface area contributed by atoms with Crippen LogP contribution in [0.2, 0.25) is 0 Å². The molecule has 1 saturated heterocycles. The second kappa shape index (κ2) is 6.10. The van der Waals surface area contributed by atoms with Crippen LogP contribution in [0.15, 0.2) is 18.2 Å². The van der Waals surface area contributed by atoms with Crippen LogP contribution in [0.3, 0.4) is 0 Å². The predicted molar refractivity (Wildman–Crippen MR) is 83.1 cm³/mol. The van der Waals surface area contributed by atoms with Crippen LogP contribution in [0.5, 0.6) is 5.75 Å². The average molecular weight is 340 g/mol. The van der Waals surface area contributed by atoms with E-state index in [2.05, 4.69) is 0 Å². The van der Waals surface area contributed by atoms with E-state index in [0.29, 0.717) is 31.7 Å². The van der Waals surface area contributed by atoms with Crippen molar-refractivity contribution in [2.24, 2.45) is 5.92 Å². The van der Waals surface area contributed by atoms with Gasteiger partial charge in [0.1, 0.15) is 5.75 Å². The van der Waals surface area contributed by atoms with E-state index in [4.69, 9.17) is 9.84 Å². The molecule has 0 saturated carbocycles. The number of piperidine rings is 1. The maximum absolute atomic E-state index is 12.8. The second-order valence-electron chi connectivity index (χ2n) is 5.89. The molecule has 0 bridgehead atoms. The molecule has 1 N–H and O–H groups in total. The van der Waals surface area contributed by atoms with E-state index >= 15 is 0 Å². The number of rotatable bonds is 4. The largest absolute Gasteiger partial charge is 0.496 e. The zero-order valence-corrected chi connectivity index (χ0v) is 13.8. The molecule has 2 aliphatic heterocycles. The summed E-state index contributed by atoms with van der Waals surface area (Å²) in [4.78, 5) is 11.0. The third-order valence-corrected chi connectivity index (χ3v) is 6.52. The number of nitrogens with zero attached hydrogens (tertiary/aromatic N) is 2. The molecule has 0 atom stereocenters. The fraction of sp³-hybridized carbons (Fsp3) is 0.533. The number of methoxy groups -OCH3 is 1. The topological polar surface area (TPSA) is 87.2 Å². The first kappa shape index (κ1) is 16.2. The molecular formula is C15H20N2O5S. The number of ether oxygens (including phenoxy) is 1. The second-order valence-corrected chi connectivity index (χ2v) is 7.81. The van der Waals surface area contributed by atoms with E-state index in [-0.39, 0.29) is 13.1 Å². The van der Waals surface area contributed by atoms with E-state index in [1.165, 1.54) is 8.61 Å². The number of benzene rings is 1. The fourth-order valence-electron chi connectivity index (χ4n) is 3.21. The minimum Gasteiger partial charge on any atom is -0.496 e. The van der Waals surface area contributed by atoms with Crippen LogP contribution in [-0.4, -0.2) is 48.3 Å². The van der Waals surface area contributed by atoms with Crippen molar-refractivity contribution in [3.63, 3.8) is 0 Å². The number of hydrogen-bond donors (Lipinski definition) is 1. The Morgan fingerprint density at radius 1 is 1.22 bits per heavy atom. The summed E-state index contributed by atoms with van der Waals surface area (Å²) >= 11 is 0. The average Bonchev–Trinajstić information content (AvgIpc) is 2.99. The van der Waals surface area contributed by atoms with Crippen molar-refractivity contribution >= 4 is 16.2 Å². The highest BCUT2D eigenvalue weighted by atomic mass is 32.2. The molecule has 1 aromatic rings. The first-order valence-corrected chi connectivity index (χ1v) is 8.96. The van der Waals surface area contributed by atoms with Crippen molar-refractivity contribution in [1.82, 2.24) is 8.61 Å². The van der Waals surface area contributed by atoms with Crippen molar-refractivity contribution in [1.29, 1.82) is 0 Å². The highest BCUT2D eigenvalue weighted by Crippen LogP contribution is 2.34. The molecule has 0 spiro atoms. The molecule has 23 heavy (non-hydrogen) atoms. The number of hydrogen-bond acceptors (Lipinski definition) is 4. The summed E-state index contributed by atoms with van der Waals surface area (Å²) < 4.78 is 33.7. The molecule has 2 aliphatic rings. The van der Waals surface area contributed by atoms with Crippen molar-refractivity contribution in [3.8, 4) is 5.75 Å². The van der Waals surface area contributed by atoms with Crippen molar-refractivity contribution < 1.29 is 23.1 Å². The van der Waals surface area contributed by atoms with E-state index in [1.807, 2.05) is 18.2 Å². The zero-order valence-electron chi connectivity index (χ0n) is 12.9. The van der Waals surface area contributed by atoms with E-state index in [0.717, 1.165) is 11.1 Å². The van der Waals surface area contributed by atoms with Crippen molar-refractivity contribution in [2.75, 3.05) is 20.2 Å². The molecule has 126 valence electrons. The summed E-state index contributed by atoms with van der Waals surface area (Å²) in [6.07, 6.45) is 0.720. The Balaban J connectivity index is 1.74. The Bertz CT molecular complexity index is 711. The van der Waals surface area contributed by atoms with Crippen LogP contribution in [0.25, 0.3) is 0 Å². The minimum atomic E-state index is -3.59. The van der Waals surface area contributed by atoms with Crippen LogP contribution in [0.1, 0.15) is 24.0 Å². The molecule has 1 aromatic carbocycles. The lowest BCUT2D eigenvalue weighted by molar-refractivity contribution is -0.142. The summed E-state index contributed by atoms with van der Waals surface area (Å²) in [6.45, 7) is 1.13. The van der Waals surface area contributed by atoms with Gasteiger partial charge in [0.2, 0.25) is 0 Å². The summed E-state index contributed by atoms with van der Waals surface area (Å²) in [6, 6.07) is 5.59. The number of carboxylic acids is 1. The Morgan fingerprint density at radius 3 is 2.52 bits per heavy atom. The first-order chi connectivity index (χ1) is 10.9. The van der Waals surface area contributed by atoms with E-state index in [9.17, 15) is 13.2 Å². The normalized spacial score (nSPS) is 20.4. The molecule has 0 aromatic heterocycles. The van der Waals surface area contributed by atoms with Gasteiger partial charge in [-0.1, -0.05) is 12.1 Å². The van der Waals surface area contributed by atoms with E-state index in [1.54, 1.807) is 7.11 Å². The quantitative estimate of drug-likeness (QED) is 0.885. The van der Waals surface area contributed by atoms with Gasteiger partial charge in [-0.05, 0) is 24.5 Å². The summed E-state index contributed by atoms with van der Waals surface area (Å²) in [5, 5.41) is 9.02. The number of carboxylic acid groups (broad SMARTS) is 1. The minimum absolute atomic E-state index is 0.253. The van der Waals surface area contributed by atoms with Gasteiger partial charge in [0.05, 0.1) is 13.0 Å². The molecule has 1 fully saturated rings. The molecule has 0 radical (unpaired) electrons. The maximum atomic E-state index is 12.8. The van der Waals surface area contributed by atoms with Crippen LogP contribution in [0.4, 0.5) is 0 Å². The lowest BCUT2D eigenvalue weighted by atomic mass is 9.99. The maximum Gasteiger partial charge on any atom is 0.306 e. The van der Waals surface area contributed by atoms with Gasteiger partial charge < -0.3 is 9.84 Å². The molecule has 0 unspecified atom stereocenters. The van der Waals surface area contributed by atoms with Crippen LogP contribution >= 0.6 is 0 Å². The van der Waals surface area contributed by atoms with Crippen LogP contribution in [-0.2, 0) is 28.1 Å². The zero-order chi connectivity index (χ0) is 16.6. The lowest BCUT2D eigenvalue weighted by Crippen LogP contribution is -2.46. The Morgan fingerprint density at radius 2 is 1.91 bits per heavy atom. The van der Waals surface area contributed by atoms with Gasteiger partial charge in [-0.3, -0.25) is 4.79 Å². The Labute approximate surface area is 135 Å². The Hall–Kier alpha value is -1.64. The van der Waals surface area contributed by atoms with Gasteiger partial charge in [0.25, 0.3) is 10.2 Å². The summed E-state index contributed by atoms with van der Waals surface area (Å²) in [7, 11) is -2.01. The van der Waals surface area contributed by atoms with Gasteiger partial charge in [-0.25, -0.2) is 0 Å². The highest BCUT2D eigenvalue weighted by Gasteiger charge is 2.38. The predicted octanol–water partition coefficient (Wildman–Crippen LogP) is 1.05. The van der Waals surface area contributed by atoms with Gasteiger partial charge in [0.15, 0.2) is 0 Å². The van der Waals surface area contributed by atoms with Crippen molar-refractivity contribution in [3.05, 3.63) is 29.3 Å². The number of carbonyl (C=O) groups is 1. The monoisotopic (exact) mass is 340 g/mol. The van der Waals surface area contributed by atoms with Gasteiger partial charge >= 0.3 is 5.97 Å². The highest BCUT2D eigenvalue weighted by molar-refractivity contribution is 7.86. The first-order valence-electron chi connectivity index (χ1n) is 7.56. The molecule has 8 heteroatoms. The van der Waals surface area contributed by atoms with Crippen LogP contribution in [0, 0.1) is 5.92 Å². The Kier molecular flexibility index (Phi) is 4.31. The van der Waals surface area contributed by atoms with Gasteiger partial charge in [-0.15, -0.1) is 0 Å². The number of fused-ring (bicyclic) bond motifs is 1. The molecule has 2 heterocycles. The standard InChI is InChI=1S/C15H20N2O5S/c1-22-14-4-2-3-12-9-17(10-13(12)14)23(20,21)16-7-5-11(6-8-16)15(18)19/h2-4,11H,5-10H2,1H3,(H,18,19). The molecule has 0 aliphatic carbocycles. The third kappa shape index (κ3) is 2.93. The van der Waals surface area contributed by atoms with E-state index < -0.39 is 22.1 Å². The third-order valence-electron chi connectivity index (χ3n) is 4.59. The molecule has 0 amide bonds. The van der Waals surface area contributed by atoms with Gasteiger partial charge in [0, 0.05) is 31.7 Å². The molecular weight excluding hydrogens is 320 g/mol. The lowest BCUT2D eigenvalue weighted by Gasteiger charge is -2.32.